The van der Waals surface area contributed by atoms with Gasteiger partial charge in [0.15, 0.2) is 11.5 Å². The van der Waals surface area contributed by atoms with Crippen molar-refractivity contribution in [2.75, 3.05) is 21.3 Å². The van der Waals surface area contributed by atoms with Gasteiger partial charge in [0, 0.05) is 18.0 Å². The molecule has 0 saturated heterocycles. The number of carboxylic acid groups (broad SMARTS) is 2. The van der Waals surface area contributed by atoms with E-state index in [1.165, 1.54) is 33.5 Å². The van der Waals surface area contributed by atoms with Crippen molar-refractivity contribution >= 4 is 17.8 Å². The van der Waals surface area contributed by atoms with Crippen LogP contribution < -0.4 is 29.7 Å². The number of carboxylic acids is 2. The summed E-state index contributed by atoms with van der Waals surface area (Å²) in [4.78, 5) is 33.5. The van der Waals surface area contributed by atoms with Gasteiger partial charge in [0.2, 0.25) is 5.75 Å². The summed E-state index contributed by atoms with van der Waals surface area (Å²) < 4.78 is 15.2. The van der Waals surface area contributed by atoms with Crippen molar-refractivity contribution in [1.29, 1.82) is 0 Å². The van der Waals surface area contributed by atoms with E-state index in [-0.39, 0.29) is 22.8 Å². The Bertz CT molecular complexity index is 588. The smallest absolute Gasteiger partial charge is 0.252 e. The molecule has 1 aromatic rings. The standard InChI is InChI=1S/C14H17NO8/c1-21-9-4-7(5-10(22-2)12(9)23-3)13(18)15-8(14(19)20)6-11(16)17/h4-5,8H,6H2,1-3H3,(H,15,18)(H,16,17)(H,19,20)/p-2/t8-/m0/s1. The van der Waals surface area contributed by atoms with E-state index in [1.807, 2.05) is 5.32 Å². The van der Waals surface area contributed by atoms with Crippen LogP contribution in [-0.2, 0) is 9.59 Å². The number of rotatable bonds is 8. The molecule has 0 aliphatic heterocycles. The third-order valence-corrected chi connectivity index (χ3v) is 2.89. The number of hydrogen-bond donors (Lipinski definition) is 1. The zero-order valence-corrected chi connectivity index (χ0v) is 12.7. The Balaban J connectivity index is 3.12. The number of nitrogens with one attached hydrogen (secondary N) is 1. The Morgan fingerprint density at radius 2 is 1.57 bits per heavy atom. The summed E-state index contributed by atoms with van der Waals surface area (Å²) in [6.45, 7) is 0. The molecule has 126 valence electrons. The van der Waals surface area contributed by atoms with E-state index < -0.39 is 30.3 Å². The molecule has 0 spiro atoms. The van der Waals surface area contributed by atoms with Crippen LogP contribution in [0.3, 0.4) is 0 Å². The zero-order chi connectivity index (χ0) is 17.6. The first kappa shape index (κ1) is 18.1. The maximum atomic E-state index is 12.1. The fourth-order valence-corrected chi connectivity index (χ4v) is 1.81. The van der Waals surface area contributed by atoms with E-state index in [0.717, 1.165) is 0 Å². The molecule has 1 N–H and O–H groups in total. The molecule has 0 aliphatic rings. The van der Waals surface area contributed by atoms with E-state index in [2.05, 4.69) is 0 Å². The molecule has 9 heteroatoms. The molecule has 9 nitrogen and oxygen atoms in total. The first-order valence-corrected chi connectivity index (χ1v) is 6.35. The highest BCUT2D eigenvalue weighted by molar-refractivity contribution is 5.98. The molecule has 1 rings (SSSR count). The fourth-order valence-electron chi connectivity index (χ4n) is 1.81. The van der Waals surface area contributed by atoms with Crippen LogP contribution in [0.4, 0.5) is 0 Å². The number of carbonyl (C=O) groups excluding carboxylic acids is 3. The van der Waals surface area contributed by atoms with Crippen molar-refractivity contribution in [3.05, 3.63) is 17.7 Å². The highest BCUT2D eigenvalue weighted by Gasteiger charge is 2.20. The Hall–Kier alpha value is -2.97. The topological polar surface area (TPSA) is 137 Å². The van der Waals surface area contributed by atoms with Crippen LogP contribution in [0.15, 0.2) is 12.1 Å². The van der Waals surface area contributed by atoms with Crippen LogP contribution in [0, 0.1) is 0 Å². The molecule has 0 aliphatic carbocycles. The van der Waals surface area contributed by atoms with Gasteiger partial charge in [-0.25, -0.2) is 0 Å². The number of ether oxygens (including phenoxy) is 3. The van der Waals surface area contributed by atoms with Crippen LogP contribution in [0.1, 0.15) is 16.8 Å². The minimum Gasteiger partial charge on any atom is -0.550 e. The molecule has 0 aromatic heterocycles. The SMILES string of the molecule is COc1cc(C(=O)N[C@@H](CC(=O)[O-])C(=O)[O-])cc(OC)c1OC. The quantitative estimate of drug-likeness (QED) is 0.563. The Morgan fingerprint density at radius 1 is 1.04 bits per heavy atom. The van der Waals surface area contributed by atoms with E-state index in [9.17, 15) is 24.6 Å². The van der Waals surface area contributed by atoms with Gasteiger partial charge in [-0.2, -0.15) is 0 Å². The van der Waals surface area contributed by atoms with Gasteiger partial charge >= 0.3 is 0 Å². The maximum Gasteiger partial charge on any atom is 0.252 e. The van der Waals surface area contributed by atoms with Gasteiger partial charge in [-0.3, -0.25) is 4.79 Å². The highest BCUT2D eigenvalue weighted by Crippen LogP contribution is 2.38. The minimum atomic E-state index is -1.74. The van der Waals surface area contributed by atoms with Crippen molar-refractivity contribution in [3.63, 3.8) is 0 Å². The maximum absolute atomic E-state index is 12.1. The monoisotopic (exact) mass is 325 g/mol. The number of aliphatic carboxylic acids is 2. The van der Waals surface area contributed by atoms with Gasteiger partial charge in [0.25, 0.3) is 5.91 Å². The Kier molecular flexibility index (Phi) is 6.19. The van der Waals surface area contributed by atoms with Gasteiger partial charge in [0.1, 0.15) is 0 Å². The number of amides is 1. The van der Waals surface area contributed by atoms with Crippen LogP contribution in [0.25, 0.3) is 0 Å². The molecule has 23 heavy (non-hydrogen) atoms. The molecule has 0 radical (unpaired) electrons. The lowest BCUT2D eigenvalue weighted by Crippen LogP contribution is -2.50. The molecule has 0 saturated carbocycles. The van der Waals surface area contributed by atoms with Crippen molar-refractivity contribution in [2.45, 2.75) is 12.5 Å². The van der Waals surface area contributed by atoms with E-state index in [1.54, 1.807) is 0 Å². The highest BCUT2D eigenvalue weighted by atomic mass is 16.5. The molecular weight excluding hydrogens is 310 g/mol. The van der Waals surface area contributed by atoms with E-state index >= 15 is 0 Å². The Morgan fingerprint density at radius 3 is 1.91 bits per heavy atom. The van der Waals surface area contributed by atoms with Crippen molar-refractivity contribution in [1.82, 2.24) is 5.32 Å². The number of methoxy groups -OCH3 is 3. The molecular formula is C14H15NO8-2. The first-order valence-electron chi connectivity index (χ1n) is 6.35. The van der Waals surface area contributed by atoms with Crippen molar-refractivity contribution in [3.8, 4) is 17.2 Å². The molecule has 0 bridgehead atoms. The molecule has 0 fully saturated rings. The lowest BCUT2D eigenvalue weighted by Gasteiger charge is -2.20. The molecule has 0 unspecified atom stereocenters. The molecule has 1 aromatic carbocycles. The lowest BCUT2D eigenvalue weighted by atomic mass is 10.1. The Labute approximate surface area is 131 Å². The summed E-state index contributed by atoms with van der Waals surface area (Å²) in [5, 5.41) is 23.4. The summed E-state index contributed by atoms with van der Waals surface area (Å²) in [5.74, 6) is -3.61. The predicted octanol–water partition coefficient (Wildman–Crippen LogP) is -2.30. The third-order valence-electron chi connectivity index (χ3n) is 2.89. The zero-order valence-electron chi connectivity index (χ0n) is 12.7. The first-order chi connectivity index (χ1) is 10.8. The second-order valence-corrected chi connectivity index (χ2v) is 4.34. The van der Waals surface area contributed by atoms with Gasteiger partial charge < -0.3 is 39.3 Å². The largest absolute Gasteiger partial charge is 0.550 e. The van der Waals surface area contributed by atoms with Gasteiger partial charge in [0.05, 0.1) is 33.3 Å². The fraction of sp³-hybridized carbons (Fsp3) is 0.357. The molecule has 1 atom stereocenters. The van der Waals surface area contributed by atoms with E-state index in [4.69, 9.17) is 14.2 Å². The van der Waals surface area contributed by atoms with Gasteiger partial charge in [-0.05, 0) is 12.1 Å². The second kappa shape index (κ2) is 7.87. The second-order valence-electron chi connectivity index (χ2n) is 4.34. The predicted molar refractivity (Wildman–Crippen MR) is 72.0 cm³/mol. The minimum absolute atomic E-state index is 0.0101. The van der Waals surface area contributed by atoms with Crippen LogP contribution in [-0.4, -0.2) is 45.2 Å². The normalized spacial score (nSPS) is 11.3. The van der Waals surface area contributed by atoms with Crippen LogP contribution >= 0.6 is 0 Å². The van der Waals surface area contributed by atoms with Crippen molar-refractivity contribution in [2.24, 2.45) is 0 Å². The van der Waals surface area contributed by atoms with Gasteiger partial charge in [-0.15, -0.1) is 0 Å². The van der Waals surface area contributed by atoms with Crippen molar-refractivity contribution < 1.29 is 38.8 Å². The number of carbonyl (C=O) groups is 3. The third kappa shape index (κ3) is 4.50. The van der Waals surface area contributed by atoms with E-state index in [0.29, 0.717) is 0 Å². The van der Waals surface area contributed by atoms with Crippen LogP contribution in [0.2, 0.25) is 0 Å². The van der Waals surface area contributed by atoms with Gasteiger partial charge in [-0.1, -0.05) is 0 Å². The van der Waals surface area contributed by atoms with Crippen LogP contribution in [0.5, 0.6) is 17.2 Å². The average molecular weight is 325 g/mol. The summed E-state index contributed by atoms with van der Waals surface area (Å²) in [6, 6.07) is 0.857. The summed E-state index contributed by atoms with van der Waals surface area (Å²) in [5.41, 5.74) is -0.0101. The summed E-state index contributed by atoms with van der Waals surface area (Å²) in [6.07, 6.45) is -0.918. The number of benzene rings is 1. The summed E-state index contributed by atoms with van der Waals surface area (Å²) >= 11 is 0. The average Bonchev–Trinajstić information content (AvgIpc) is 2.51. The summed E-state index contributed by atoms with van der Waals surface area (Å²) in [7, 11) is 4.07. The molecule has 0 heterocycles. The lowest BCUT2D eigenvalue weighted by molar-refractivity contribution is -0.317. The molecule has 1 amide bonds. The number of hydrogen-bond acceptors (Lipinski definition) is 8.